The number of ether oxygens (including phenoxy) is 1. The van der Waals surface area contributed by atoms with Gasteiger partial charge in [-0.15, -0.1) is 0 Å². The topological polar surface area (TPSA) is 35.2 Å². The molecule has 0 saturated carbocycles. The van der Waals surface area contributed by atoms with E-state index in [9.17, 15) is 13.2 Å². The molecule has 2 nitrogen and oxygen atoms in total. The van der Waals surface area contributed by atoms with Crippen LogP contribution in [0, 0.1) is 5.82 Å². The van der Waals surface area contributed by atoms with Gasteiger partial charge in [-0.3, -0.25) is 0 Å². The van der Waals surface area contributed by atoms with Crippen molar-refractivity contribution in [1.82, 2.24) is 0 Å². The van der Waals surface area contributed by atoms with Crippen molar-refractivity contribution in [3.63, 3.8) is 0 Å². The maximum atomic E-state index is 13.0. The van der Waals surface area contributed by atoms with Crippen molar-refractivity contribution in [2.24, 2.45) is 5.73 Å². The van der Waals surface area contributed by atoms with Crippen LogP contribution in [0.15, 0.2) is 12.1 Å². The molecule has 0 aliphatic heterocycles. The summed E-state index contributed by atoms with van der Waals surface area (Å²) in [6, 6.07) is 1.30. The van der Waals surface area contributed by atoms with E-state index >= 15 is 0 Å². The zero-order valence-corrected chi connectivity index (χ0v) is 8.43. The molecule has 0 aliphatic rings. The van der Waals surface area contributed by atoms with E-state index in [0.717, 1.165) is 12.1 Å². The van der Waals surface area contributed by atoms with Gasteiger partial charge >= 0.3 is 0 Å². The summed E-state index contributed by atoms with van der Waals surface area (Å²) in [7, 11) is 1.25. The van der Waals surface area contributed by atoms with Crippen LogP contribution in [-0.2, 0) is 0 Å². The van der Waals surface area contributed by atoms with Crippen molar-refractivity contribution < 1.29 is 17.9 Å². The molecule has 0 saturated heterocycles. The van der Waals surface area contributed by atoms with E-state index < -0.39 is 23.8 Å². The molecule has 0 fully saturated rings. The number of nitrogens with two attached hydrogens (primary N) is 1. The monoisotopic (exact) mass is 219 g/mol. The molecular weight excluding hydrogens is 207 g/mol. The highest BCUT2D eigenvalue weighted by molar-refractivity contribution is 5.44. The second-order valence-corrected chi connectivity index (χ2v) is 3.21. The molecule has 0 spiro atoms. The van der Waals surface area contributed by atoms with E-state index in [0.29, 0.717) is 0 Å². The van der Waals surface area contributed by atoms with Crippen molar-refractivity contribution >= 4 is 0 Å². The van der Waals surface area contributed by atoms with E-state index in [4.69, 9.17) is 10.5 Å². The van der Waals surface area contributed by atoms with E-state index in [1.807, 2.05) is 0 Å². The molecule has 1 aromatic carbocycles. The first-order valence-electron chi connectivity index (χ1n) is 4.38. The fraction of sp³-hybridized carbons (Fsp3) is 0.400. The fourth-order valence-electron chi connectivity index (χ4n) is 1.37. The predicted molar refractivity (Wildman–Crippen MR) is 50.5 cm³/mol. The third-order valence-corrected chi connectivity index (χ3v) is 2.04. The lowest BCUT2D eigenvalue weighted by atomic mass is 10.0. The summed E-state index contributed by atoms with van der Waals surface area (Å²) in [6.45, 7) is 1.58. The zero-order chi connectivity index (χ0) is 11.6. The van der Waals surface area contributed by atoms with Gasteiger partial charge in [0, 0.05) is 11.6 Å². The summed E-state index contributed by atoms with van der Waals surface area (Å²) in [4.78, 5) is 0. The van der Waals surface area contributed by atoms with Crippen molar-refractivity contribution in [3.8, 4) is 5.75 Å². The highest BCUT2D eigenvalue weighted by Gasteiger charge is 2.20. The summed E-state index contributed by atoms with van der Waals surface area (Å²) in [5, 5.41) is 0. The molecule has 5 heteroatoms. The van der Waals surface area contributed by atoms with Crippen LogP contribution in [0.5, 0.6) is 5.75 Å². The lowest BCUT2D eigenvalue weighted by Gasteiger charge is -2.15. The standard InChI is InChI=1S/C10H12F3NO/c1-5(14)7-3-6(11)4-8(10(12)13)9(7)15-2/h3-5,10H,14H2,1-2H3. The lowest BCUT2D eigenvalue weighted by molar-refractivity contribution is 0.146. The third kappa shape index (κ3) is 2.41. The number of halogens is 3. The lowest BCUT2D eigenvalue weighted by Crippen LogP contribution is -2.09. The van der Waals surface area contributed by atoms with Gasteiger partial charge in [0.05, 0.1) is 12.7 Å². The Morgan fingerprint density at radius 2 is 1.80 bits per heavy atom. The molecule has 84 valence electrons. The Kier molecular flexibility index (Phi) is 3.57. The Bertz CT molecular complexity index is 324. The highest BCUT2D eigenvalue weighted by atomic mass is 19.3. The van der Waals surface area contributed by atoms with Gasteiger partial charge in [0.15, 0.2) is 0 Å². The summed E-state index contributed by atoms with van der Waals surface area (Å²) in [5.74, 6) is -0.778. The van der Waals surface area contributed by atoms with Crippen molar-refractivity contribution in [3.05, 3.63) is 29.1 Å². The maximum absolute atomic E-state index is 13.0. The molecular formula is C10H12F3NO. The Morgan fingerprint density at radius 1 is 1.27 bits per heavy atom. The minimum Gasteiger partial charge on any atom is -0.496 e. The first-order chi connectivity index (χ1) is 6.97. The Hall–Kier alpha value is -1.23. The summed E-state index contributed by atoms with van der Waals surface area (Å²) in [6.07, 6.45) is -2.78. The number of rotatable bonds is 3. The number of hydrogen-bond acceptors (Lipinski definition) is 2. The molecule has 15 heavy (non-hydrogen) atoms. The number of benzene rings is 1. The number of methoxy groups -OCH3 is 1. The minimum atomic E-state index is -2.78. The van der Waals surface area contributed by atoms with Crippen LogP contribution in [0.25, 0.3) is 0 Å². The fourth-order valence-corrected chi connectivity index (χ4v) is 1.37. The Balaban J connectivity index is 3.38. The average Bonchev–Trinajstić information content (AvgIpc) is 2.16. The van der Waals surface area contributed by atoms with Crippen LogP contribution in [0.1, 0.15) is 30.5 Å². The Labute approximate surface area is 85.8 Å². The van der Waals surface area contributed by atoms with Crippen molar-refractivity contribution in [1.29, 1.82) is 0 Å². The molecule has 2 N–H and O–H groups in total. The van der Waals surface area contributed by atoms with Gasteiger partial charge in [0.25, 0.3) is 6.43 Å². The zero-order valence-electron chi connectivity index (χ0n) is 8.43. The first kappa shape index (κ1) is 11.8. The van der Waals surface area contributed by atoms with Crippen LogP contribution in [0.3, 0.4) is 0 Å². The van der Waals surface area contributed by atoms with Crippen LogP contribution in [0.2, 0.25) is 0 Å². The van der Waals surface area contributed by atoms with E-state index in [1.165, 1.54) is 7.11 Å². The second-order valence-electron chi connectivity index (χ2n) is 3.21. The maximum Gasteiger partial charge on any atom is 0.267 e. The van der Waals surface area contributed by atoms with Gasteiger partial charge in [-0.2, -0.15) is 0 Å². The first-order valence-corrected chi connectivity index (χ1v) is 4.38. The van der Waals surface area contributed by atoms with Gasteiger partial charge in [-0.1, -0.05) is 0 Å². The molecule has 0 amide bonds. The van der Waals surface area contributed by atoms with Crippen molar-refractivity contribution in [2.45, 2.75) is 19.4 Å². The molecule has 1 unspecified atom stereocenters. The molecule has 0 radical (unpaired) electrons. The van der Waals surface area contributed by atoms with E-state index in [1.54, 1.807) is 6.92 Å². The molecule has 1 rings (SSSR count). The van der Waals surface area contributed by atoms with Gasteiger partial charge in [-0.25, -0.2) is 13.2 Å². The van der Waals surface area contributed by atoms with Gasteiger partial charge in [0.2, 0.25) is 0 Å². The molecule has 0 bridgehead atoms. The minimum absolute atomic E-state index is 0.0404. The van der Waals surface area contributed by atoms with Crippen LogP contribution >= 0.6 is 0 Å². The van der Waals surface area contributed by atoms with E-state index in [-0.39, 0.29) is 11.3 Å². The Morgan fingerprint density at radius 3 is 2.20 bits per heavy atom. The molecule has 0 aromatic heterocycles. The van der Waals surface area contributed by atoms with E-state index in [2.05, 4.69) is 0 Å². The molecule has 1 aromatic rings. The van der Waals surface area contributed by atoms with Crippen LogP contribution < -0.4 is 10.5 Å². The van der Waals surface area contributed by atoms with Crippen LogP contribution in [-0.4, -0.2) is 7.11 Å². The molecule has 0 heterocycles. The second kappa shape index (κ2) is 4.53. The van der Waals surface area contributed by atoms with Crippen LogP contribution in [0.4, 0.5) is 13.2 Å². The van der Waals surface area contributed by atoms with Gasteiger partial charge < -0.3 is 10.5 Å². The summed E-state index contributed by atoms with van der Waals surface area (Å²) < 4.78 is 42.9. The smallest absolute Gasteiger partial charge is 0.267 e. The summed E-state index contributed by atoms with van der Waals surface area (Å²) in [5.41, 5.74) is 5.31. The number of alkyl halides is 2. The number of hydrogen-bond donors (Lipinski definition) is 1. The molecule has 1 atom stereocenters. The average molecular weight is 219 g/mol. The van der Waals surface area contributed by atoms with Gasteiger partial charge in [0.1, 0.15) is 11.6 Å². The third-order valence-electron chi connectivity index (χ3n) is 2.04. The normalized spacial score (nSPS) is 13.0. The van der Waals surface area contributed by atoms with Crippen molar-refractivity contribution in [2.75, 3.05) is 7.11 Å². The summed E-state index contributed by atoms with van der Waals surface area (Å²) >= 11 is 0. The highest BCUT2D eigenvalue weighted by Crippen LogP contribution is 2.35. The largest absolute Gasteiger partial charge is 0.496 e. The predicted octanol–water partition coefficient (Wildman–Crippen LogP) is 2.79. The SMILES string of the molecule is COc1c(C(C)N)cc(F)cc1C(F)F. The quantitative estimate of drug-likeness (QED) is 0.848. The molecule has 0 aliphatic carbocycles. The van der Waals surface area contributed by atoms with Gasteiger partial charge in [-0.05, 0) is 19.1 Å².